The summed E-state index contributed by atoms with van der Waals surface area (Å²) in [6.45, 7) is 4.14. The third kappa shape index (κ3) is 3.19. The topological polar surface area (TPSA) is 29.5 Å². The zero-order chi connectivity index (χ0) is 18.9. The molecule has 1 heterocycles. The van der Waals surface area contributed by atoms with Crippen LogP contribution in [0.25, 0.3) is 0 Å². The first-order valence-corrected chi connectivity index (χ1v) is 10.2. The van der Waals surface area contributed by atoms with Gasteiger partial charge in [0.25, 0.3) is 0 Å². The number of carbonyl (C=O) groups excluding carboxylic acids is 1. The van der Waals surface area contributed by atoms with Crippen LogP contribution in [0.4, 0.5) is 0 Å². The zero-order valence-electron chi connectivity index (χ0n) is 16.5. The Kier molecular flexibility index (Phi) is 5.05. The van der Waals surface area contributed by atoms with E-state index in [0.717, 1.165) is 62.1 Å². The fourth-order valence-electron chi connectivity index (χ4n) is 5.00. The van der Waals surface area contributed by atoms with Crippen LogP contribution in [0.2, 0.25) is 0 Å². The molecule has 1 spiro atoms. The van der Waals surface area contributed by atoms with E-state index in [2.05, 4.69) is 42.2 Å². The molecular weight excluding hydrogens is 334 g/mol. The maximum atomic E-state index is 13.7. The van der Waals surface area contributed by atoms with Crippen LogP contribution in [-0.4, -0.2) is 36.4 Å². The van der Waals surface area contributed by atoms with Crippen LogP contribution < -0.4 is 4.74 Å². The highest BCUT2D eigenvalue weighted by Crippen LogP contribution is 2.42. The molecule has 4 rings (SSSR count). The van der Waals surface area contributed by atoms with Gasteiger partial charge in [0, 0.05) is 6.54 Å². The van der Waals surface area contributed by atoms with Gasteiger partial charge in [0.2, 0.25) is 0 Å². The molecule has 1 fully saturated rings. The molecule has 0 bridgehead atoms. The van der Waals surface area contributed by atoms with Crippen LogP contribution >= 0.6 is 0 Å². The third-order valence-electron chi connectivity index (χ3n) is 6.58. The highest BCUT2D eigenvalue weighted by Gasteiger charge is 2.48. The SMILES string of the molecule is COc1cccc2c1C(=O)C1(CCCCN1CCc1ccccc1C)CC2. The molecule has 2 aromatic rings. The quantitative estimate of drug-likeness (QED) is 0.795. The van der Waals surface area contributed by atoms with Crippen molar-refractivity contribution in [2.75, 3.05) is 20.2 Å². The number of likely N-dealkylation sites (tertiary alicyclic amines) is 1. The van der Waals surface area contributed by atoms with E-state index in [-0.39, 0.29) is 11.3 Å². The van der Waals surface area contributed by atoms with Crippen LogP contribution in [-0.2, 0) is 12.8 Å². The van der Waals surface area contributed by atoms with Gasteiger partial charge in [-0.15, -0.1) is 0 Å². The maximum Gasteiger partial charge on any atom is 0.187 e. The minimum atomic E-state index is -0.345. The van der Waals surface area contributed by atoms with Crippen molar-refractivity contribution in [3.05, 3.63) is 64.7 Å². The van der Waals surface area contributed by atoms with Gasteiger partial charge in [-0.25, -0.2) is 0 Å². The van der Waals surface area contributed by atoms with Crippen LogP contribution in [0.1, 0.15) is 52.7 Å². The number of nitrogens with zero attached hydrogens (tertiary/aromatic N) is 1. The molecule has 27 heavy (non-hydrogen) atoms. The van der Waals surface area contributed by atoms with Gasteiger partial charge in [0.05, 0.1) is 18.2 Å². The minimum absolute atomic E-state index is 0.283. The second-order valence-corrected chi connectivity index (χ2v) is 7.98. The van der Waals surface area contributed by atoms with E-state index in [1.807, 2.05) is 12.1 Å². The smallest absolute Gasteiger partial charge is 0.187 e. The molecule has 0 radical (unpaired) electrons. The summed E-state index contributed by atoms with van der Waals surface area (Å²) in [6.07, 6.45) is 6.18. The molecule has 0 amide bonds. The molecule has 0 N–H and O–H groups in total. The molecule has 2 aliphatic rings. The van der Waals surface area contributed by atoms with Gasteiger partial charge in [-0.3, -0.25) is 9.69 Å². The number of piperidine rings is 1. The first-order chi connectivity index (χ1) is 13.2. The van der Waals surface area contributed by atoms with Crippen LogP contribution in [0.3, 0.4) is 0 Å². The highest BCUT2D eigenvalue weighted by atomic mass is 16.5. The Morgan fingerprint density at radius 2 is 1.93 bits per heavy atom. The molecule has 1 aliphatic carbocycles. The highest BCUT2D eigenvalue weighted by molar-refractivity contribution is 6.07. The summed E-state index contributed by atoms with van der Waals surface area (Å²) in [5.41, 5.74) is 4.36. The first kappa shape index (κ1) is 18.2. The first-order valence-electron chi connectivity index (χ1n) is 10.2. The number of fused-ring (bicyclic) bond motifs is 1. The van der Waals surface area contributed by atoms with E-state index in [9.17, 15) is 4.79 Å². The van der Waals surface area contributed by atoms with Crippen molar-refractivity contribution < 1.29 is 9.53 Å². The fourth-order valence-corrected chi connectivity index (χ4v) is 5.00. The number of ketones is 1. The number of carbonyl (C=O) groups is 1. The molecule has 0 saturated carbocycles. The lowest BCUT2D eigenvalue weighted by Gasteiger charge is -2.48. The number of ether oxygens (including phenoxy) is 1. The van der Waals surface area contributed by atoms with Crippen LogP contribution in [0, 0.1) is 6.92 Å². The van der Waals surface area contributed by atoms with Crippen molar-refractivity contribution >= 4 is 5.78 Å². The van der Waals surface area contributed by atoms with Gasteiger partial charge < -0.3 is 4.74 Å². The predicted octanol–water partition coefficient (Wildman–Crippen LogP) is 4.60. The Labute approximate surface area is 162 Å². The van der Waals surface area contributed by atoms with E-state index in [1.54, 1.807) is 7.11 Å². The predicted molar refractivity (Wildman–Crippen MR) is 109 cm³/mol. The molecule has 1 atom stereocenters. The molecular formula is C24H29NO2. The normalized spacial score (nSPS) is 22.7. The summed E-state index contributed by atoms with van der Waals surface area (Å²) < 4.78 is 5.56. The van der Waals surface area contributed by atoms with E-state index >= 15 is 0 Å². The Balaban J connectivity index is 1.63. The molecule has 3 nitrogen and oxygen atoms in total. The molecule has 1 unspecified atom stereocenters. The number of aryl methyl sites for hydroxylation is 2. The van der Waals surface area contributed by atoms with Crippen LogP contribution in [0.15, 0.2) is 42.5 Å². The molecule has 3 heteroatoms. The third-order valence-corrected chi connectivity index (χ3v) is 6.58. The average Bonchev–Trinajstić information content (AvgIpc) is 2.71. The van der Waals surface area contributed by atoms with Crippen molar-refractivity contribution in [2.45, 2.75) is 51.0 Å². The fraction of sp³-hybridized carbons (Fsp3) is 0.458. The average molecular weight is 364 g/mol. The summed E-state index contributed by atoms with van der Waals surface area (Å²) in [7, 11) is 1.67. The number of hydrogen-bond donors (Lipinski definition) is 0. The Morgan fingerprint density at radius 3 is 2.74 bits per heavy atom. The van der Waals surface area contributed by atoms with E-state index in [0.29, 0.717) is 0 Å². The zero-order valence-corrected chi connectivity index (χ0v) is 16.5. The largest absolute Gasteiger partial charge is 0.496 e. The summed E-state index contributed by atoms with van der Waals surface area (Å²) in [5.74, 6) is 1.02. The van der Waals surface area contributed by atoms with Gasteiger partial charge in [0.1, 0.15) is 5.75 Å². The Bertz CT molecular complexity index is 830. The number of methoxy groups -OCH3 is 1. The lowest BCUT2D eigenvalue weighted by Crippen LogP contribution is -2.59. The molecule has 1 aliphatic heterocycles. The molecule has 1 saturated heterocycles. The van der Waals surface area contributed by atoms with Gasteiger partial charge >= 0.3 is 0 Å². The summed E-state index contributed by atoms with van der Waals surface area (Å²) in [4.78, 5) is 16.2. The van der Waals surface area contributed by atoms with Crippen LogP contribution in [0.5, 0.6) is 5.75 Å². The van der Waals surface area contributed by atoms with Gasteiger partial charge in [-0.2, -0.15) is 0 Å². The van der Waals surface area contributed by atoms with Crippen molar-refractivity contribution in [1.82, 2.24) is 4.90 Å². The lowest BCUT2D eigenvalue weighted by molar-refractivity contribution is 0.0295. The summed E-state index contributed by atoms with van der Waals surface area (Å²) in [5, 5.41) is 0. The van der Waals surface area contributed by atoms with Crippen molar-refractivity contribution in [2.24, 2.45) is 0 Å². The number of benzene rings is 2. The van der Waals surface area contributed by atoms with E-state index < -0.39 is 0 Å². The monoisotopic (exact) mass is 363 g/mol. The Morgan fingerprint density at radius 1 is 1.07 bits per heavy atom. The second-order valence-electron chi connectivity index (χ2n) is 7.98. The Hall–Kier alpha value is -2.13. The molecule has 0 aromatic heterocycles. The van der Waals surface area contributed by atoms with Crippen molar-refractivity contribution in [3.8, 4) is 5.75 Å². The van der Waals surface area contributed by atoms with Crippen molar-refractivity contribution in [1.29, 1.82) is 0 Å². The maximum absolute atomic E-state index is 13.7. The summed E-state index contributed by atoms with van der Waals surface area (Å²) >= 11 is 0. The van der Waals surface area contributed by atoms with E-state index in [1.165, 1.54) is 17.5 Å². The second kappa shape index (κ2) is 7.47. The van der Waals surface area contributed by atoms with Gasteiger partial charge in [-0.1, -0.05) is 36.4 Å². The molecule has 142 valence electrons. The van der Waals surface area contributed by atoms with Gasteiger partial charge in [-0.05, 0) is 74.8 Å². The summed E-state index contributed by atoms with van der Waals surface area (Å²) in [6, 6.07) is 14.6. The lowest BCUT2D eigenvalue weighted by atomic mass is 9.71. The minimum Gasteiger partial charge on any atom is -0.496 e. The van der Waals surface area contributed by atoms with E-state index in [4.69, 9.17) is 4.74 Å². The number of rotatable bonds is 4. The van der Waals surface area contributed by atoms with Crippen molar-refractivity contribution in [3.63, 3.8) is 0 Å². The van der Waals surface area contributed by atoms with Gasteiger partial charge in [0.15, 0.2) is 5.78 Å². The molecule has 2 aromatic carbocycles. The number of hydrogen-bond acceptors (Lipinski definition) is 3. The standard InChI is InChI=1S/C24H29NO2/c1-18-8-3-4-9-19(18)13-17-25-16-6-5-14-24(25)15-12-20-10-7-11-21(27-2)22(20)23(24)26/h3-4,7-11H,5-6,12-17H2,1-2H3. The number of Topliss-reactive ketones (excluding diaryl/α,β-unsaturated/α-hetero) is 1.